The van der Waals surface area contributed by atoms with E-state index in [4.69, 9.17) is 4.74 Å². The van der Waals surface area contributed by atoms with Crippen molar-refractivity contribution in [3.05, 3.63) is 60.2 Å². The lowest BCUT2D eigenvalue weighted by molar-refractivity contribution is -0.115. The molecule has 0 unspecified atom stereocenters. The summed E-state index contributed by atoms with van der Waals surface area (Å²) < 4.78 is 33.2. The number of hydrogen-bond acceptors (Lipinski definition) is 4. The van der Waals surface area contributed by atoms with E-state index >= 15 is 0 Å². The van der Waals surface area contributed by atoms with Crippen molar-refractivity contribution < 1.29 is 17.9 Å². The molecule has 3 aromatic rings. The van der Waals surface area contributed by atoms with Gasteiger partial charge in [-0.3, -0.25) is 9.52 Å². The van der Waals surface area contributed by atoms with E-state index in [1.807, 2.05) is 24.3 Å². The second kappa shape index (κ2) is 6.03. The third kappa shape index (κ3) is 2.97. The van der Waals surface area contributed by atoms with Crippen molar-refractivity contribution in [1.82, 2.24) is 0 Å². The first kappa shape index (κ1) is 16.4. The normalized spacial score (nSPS) is 13.3. The average Bonchev–Trinajstić information content (AvgIpc) is 3.00. The first-order valence-electron chi connectivity index (χ1n) is 7.98. The smallest absolute Gasteiger partial charge is 0.261 e. The number of carbonyl (C=O) groups excluding carboxylic acids is 1. The molecule has 0 aromatic heterocycles. The number of hydrogen-bond donors (Lipinski definition) is 2. The molecule has 0 bridgehead atoms. The molecule has 6 nitrogen and oxygen atoms in total. The predicted molar refractivity (Wildman–Crippen MR) is 100 cm³/mol. The highest BCUT2D eigenvalue weighted by Gasteiger charge is 2.22. The van der Waals surface area contributed by atoms with Crippen molar-refractivity contribution >= 4 is 38.1 Å². The van der Waals surface area contributed by atoms with Crippen LogP contribution in [0.2, 0.25) is 0 Å². The van der Waals surface area contributed by atoms with E-state index in [0.717, 1.165) is 16.5 Å². The van der Waals surface area contributed by atoms with Crippen LogP contribution in [0.1, 0.15) is 5.56 Å². The summed E-state index contributed by atoms with van der Waals surface area (Å²) in [5, 5.41) is 4.54. The lowest BCUT2D eigenvalue weighted by Crippen LogP contribution is -2.13. The van der Waals surface area contributed by atoms with Crippen molar-refractivity contribution in [1.29, 1.82) is 0 Å². The summed E-state index contributed by atoms with van der Waals surface area (Å²) >= 11 is 0. The van der Waals surface area contributed by atoms with Gasteiger partial charge >= 0.3 is 0 Å². The van der Waals surface area contributed by atoms with Crippen LogP contribution in [0.15, 0.2) is 59.5 Å². The Morgan fingerprint density at radius 1 is 1.00 bits per heavy atom. The molecule has 7 heteroatoms. The molecular weight excluding hydrogens is 352 g/mol. The fraction of sp³-hybridized carbons (Fsp3) is 0.105. The quantitative estimate of drug-likeness (QED) is 0.741. The zero-order valence-corrected chi connectivity index (χ0v) is 14.8. The molecule has 1 aliphatic rings. The third-order valence-corrected chi connectivity index (χ3v) is 5.69. The minimum atomic E-state index is -3.75. The Morgan fingerprint density at radius 2 is 1.77 bits per heavy atom. The molecule has 132 valence electrons. The van der Waals surface area contributed by atoms with Gasteiger partial charge in [0.1, 0.15) is 5.75 Å². The van der Waals surface area contributed by atoms with Gasteiger partial charge in [-0.1, -0.05) is 12.1 Å². The van der Waals surface area contributed by atoms with Gasteiger partial charge in [0.25, 0.3) is 10.0 Å². The van der Waals surface area contributed by atoms with Crippen LogP contribution in [0.25, 0.3) is 10.8 Å². The monoisotopic (exact) mass is 368 g/mol. The number of benzene rings is 3. The number of anilines is 2. The summed E-state index contributed by atoms with van der Waals surface area (Å²) in [6, 6.07) is 15.5. The highest BCUT2D eigenvalue weighted by atomic mass is 32.2. The highest BCUT2D eigenvalue weighted by Crippen LogP contribution is 2.28. The molecule has 0 fully saturated rings. The van der Waals surface area contributed by atoms with Gasteiger partial charge in [0.15, 0.2) is 0 Å². The number of carbonyl (C=O) groups is 1. The highest BCUT2D eigenvalue weighted by molar-refractivity contribution is 7.92. The summed E-state index contributed by atoms with van der Waals surface area (Å²) in [5.74, 6) is 0.611. The molecule has 0 atom stereocenters. The summed E-state index contributed by atoms with van der Waals surface area (Å²) in [4.78, 5) is 11.6. The van der Waals surface area contributed by atoms with Gasteiger partial charge in [0.05, 0.1) is 18.4 Å². The van der Waals surface area contributed by atoms with Gasteiger partial charge < -0.3 is 10.1 Å². The zero-order valence-electron chi connectivity index (χ0n) is 13.9. The van der Waals surface area contributed by atoms with Crippen LogP contribution in [0.3, 0.4) is 0 Å². The molecule has 4 rings (SSSR count). The van der Waals surface area contributed by atoms with Gasteiger partial charge in [-0.05, 0) is 58.8 Å². The summed E-state index contributed by atoms with van der Waals surface area (Å²) in [6.45, 7) is 0. The Hall–Kier alpha value is -3.06. The molecule has 0 saturated heterocycles. The topological polar surface area (TPSA) is 84.5 Å². The van der Waals surface area contributed by atoms with E-state index in [0.29, 0.717) is 16.9 Å². The van der Waals surface area contributed by atoms with Gasteiger partial charge in [0.2, 0.25) is 5.91 Å². The van der Waals surface area contributed by atoms with Crippen molar-refractivity contribution in [3.63, 3.8) is 0 Å². The van der Waals surface area contributed by atoms with Crippen LogP contribution in [0.4, 0.5) is 11.4 Å². The Labute approximate surface area is 150 Å². The fourth-order valence-corrected chi connectivity index (χ4v) is 4.10. The van der Waals surface area contributed by atoms with Gasteiger partial charge in [-0.25, -0.2) is 8.42 Å². The fourth-order valence-electron chi connectivity index (χ4n) is 3.00. The minimum absolute atomic E-state index is 0.127. The second-order valence-corrected chi connectivity index (χ2v) is 7.76. The van der Waals surface area contributed by atoms with Crippen molar-refractivity contribution in [2.45, 2.75) is 11.3 Å². The standard InChI is InChI=1S/C19H16N2O4S/c1-25-16-5-3-12-8-15(4-2-13(12)9-16)21-26(23,24)17-6-7-18-14(10-17)11-19(22)20-18/h2-10,21H,11H2,1H3,(H,20,22). The lowest BCUT2D eigenvalue weighted by atomic mass is 10.1. The molecule has 0 aliphatic carbocycles. The Balaban J connectivity index is 1.64. The van der Waals surface area contributed by atoms with E-state index < -0.39 is 10.0 Å². The minimum Gasteiger partial charge on any atom is -0.497 e. The molecule has 2 N–H and O–H groups in total. The number of amides is 1. The maximum absolute atomic E-state index is 12.7. The molecule has 0 radical (unpaired) electrons. The number of rotatable bonds is 4. The molecule has 0 saturated carbocycles. The van der Waals surface area contributed by atoms with Crippen molar-refractivity contribution in [3.8, 4) is 5.75 Å². The van der Waals surface area contributed by atoms with Crippen LogP contribution in [0.5, 0.6) is 5.75 Å². The van der Waals surface area contributed by atoms with Gasteiger partial charge in [0, 0.05) is 11.4 Å². The van der Waals surface area contributed by atoms with E-state index in [9.17, 15) is 13.2 Å². The molecule has 0 spiro atoms. The average molecular weight is 368 g/mol. The van der Waals surface area contributed by atoms with Gasteiger partial charge in [-0.15, -0.1) is 0 Å². The zero-order chi connectivity index (χ0) is 18.3. The van der Waals surface area contributed by atoms with Crippen molar-refractivity contribution in [2.75, 3.05) is 17.1 Å². The number of methoxy groups -OCH3 is 1. The van der Waals surface area contributed by atoms with Crippen molar-refractivity contribution in [2.24, 2.45) is 0 Å². The largest absolute Gasteiger partial charge is 0.497 e. The molecule has 26 heavy (non-hydrogen) atoms. The number of fused-ring (bicyclic) bond motifs is 2. The van der Waals surface area contributed by atoms with Crippen LogP contribution >= 0.6 is 0 Å². The van der Waals surface area contributed by atoms with Crippen LogP contribution < -0.4 is 14.8 Å². The van der Waals surface area contributed by atoms with Crippen LogP contribution in [-0.2, 0) is 21.2 Å². The van der Waals surface area contributed by atoms with Crippen LogP contribution in [-0.4, -0.2) is 21.4 Å². The molecule has 1 heterocycles. The molecular formula is C19H16N2O4S. The number of nitrogens with one attached hydrogen (secondary N) is 2. The molecule has 1 aliphatic heterocycles. The first-order chi connectivity index (χ1) is 12.4. The van der Waals surface area contributed by atoms with E-state index in [1.54, 1.807) is 25.3 Å². The summed E-state index contributed by atoms with van der Waals surface area (Å²) in [7, 11) is -2.15. The van der Waals surface area contributed by atoms with E-state index in [1.165, 1.54) is 12.1 Å². The SMILES string of the molecule is COc1ccc2cc(NS(=O)(=O)c3ccc4c(c3)CC(=O)N4)ccc2c1. The lowest BCUT2D eigenvalue weighted by Gasteiger charge is -2.10. The van der Waals surface area contributed by atoms with E-state index in [2.05, 4.69) is 10.0 Å². The Morgan fingerprint density at radius 3 is 2.58 bits per heavy atom. The van der Waals surface area contributed by atoms with Crippen LogP contribution in [0, 0.1) is 0 Å². The maximum atomic E-state index is 12.7. The second-order valence-electron chi connectivity index (χ2n) is 6.08. The first-order valence-corrected chi connectivity index (χ1v) is 9.46. The van der Waals surface area contributed by atoms with E-state index in [-0.39, 0.29) is 17.2 Å². The Kier molecular flexibility index (Phi) is 3.81. The molecule has 3 aromatic carbocycles. The Bertz CT molecular complexity index is 1140. The third-order valence-electron chi connectivity index (χ3n) is 4.31. The van der Waals surface area contributed by atoms with Gasteiger partial charge in [-0.2, -0.15) is 0 Å². The summed E-state index contributed by atoms with van der Waals surface area (Å²) in [6.07, 6.45) is 0.191. The molecule has 1 amide bonds. The summed E-state index contributed by atoms with van der Waals surface area (Å²) in [5.41, 5.74) is 1.81. The number of ether oxygens (including phenoxy) is 1. The predicted octanol–water partition coefficient (Wildman–Crippen LogP) is 3.14. The maximum Gasteiger partial charge on any atom is 0.261 e. The number of sulfonamides is 1.